The van der Waals surface area contributed by atoms with Crippen LogP contribution in [0.15, 0.2) is 70.5 Å². The first-order valence-electron chi connectivity index (χ1n) is 12.9. The van der Waals surface area contributed by atoms with Crippen molar-refractivity contribution in [3.8, 4) is 17.2 Å². The lowest BCUT2D eigenvalue weighted by Gasteiger charge is -2.27. The van der Waals surface area contributed by atoms with Gasteiger partial charge in [0.1, 0.15) is 17.2 Å². The SMILES string of the molecule is COc1ccc(S(=O)(=O)N(CC(=O)Nc2ccc(OC)c(S(=O)(=O)N3CCOCC3)c2)c2ccc(C)cc2)cc1OC. The molecule has 0 unspecified atom stereocenters. The molecule has 1 amide bonds. The highest BCUT2D eigenvalue weighted by molar-refractivity contribution is 7.92. The molecule has 1 aliphatic rings. The molecule has 0 saturated carbocycles. The summed E-state index contributed by atoms with van der Waals surface area (Å²) in [7, 11) is -4.04. The van der Waals surface area contributed by atoms with Gasteiger partial charge >= 0.3 is 0 Å². The van der Waals surface area contributed by atoms with Gasteiger partial charge in [0, 0.05) is 24.8 Å². The van der Waals surface area contributed by atoms with Crippen molar-refractivity contribution in [3.05, 3.63) is 66.2 Å². The number of morpholine rings is 1. The molecule has 42 heavy (non-hydrogen) atoms. The Bertz CT molecular complexity index is 1640. The van der Waals surface area contributed by atoms with Gasteiger partial charge in [-0.1, -0.05) is 17.7 Å². The van der Waals surface area contributed by atoms with Crippen LogP contribution in [0.25, 0.3) is 0 Å². The number of methoxy groups -OCH3 is 3. The quantitative estimate of drug-likeness (QED) is 0.343. The third-order valence-corrected chi connectivity index (χ3v) is 10.3. The van der Waals surface area contributed by atoms with Gasteiger partial charge in [-0.2, -0.15) is 4.31 Å². The van der Waals surface area contributed by atoms with Crippen molar-refractivity contribution >= 4 is 37.3 Å². The Hall–Kier alpha value is -3.85. The summed E-state index contributed by atoms with van der Waals surface area (Å²) in [6.45, 7) is 2.15. The van der Waals surface area contributed by atoms with Crippen molar-refractivity contribution in [2.45, 2.75) is 16.7 Å². The Morgan fingerprint density at radius 2 is 1.48 bits per heavy atom. The van der Waals surface area contributed by atoms with Crippen LogP contribution >= 0.6 is 0 Å². The molecule has 3 aromatic carbocycles. The second kappa shape index (κ2) is 13.0. The predicted octanol–water partition coefficient (Wildman–Crippen LogP) is 2.88. The maximum atomic E-state index is 13.9. The van der Waals surface area contributed by atoms with Crippen LogP contribution in [0.2, 0.25) is 0 Å². The Balaban J connectivity index is 1.66. The molecule has 1 aliphatic heterocycles. The maximum Gasteiger partial charge on any atom is 0.264 e. The lowest BCUT2D eigenvalue weighted by atomic mass is 10.2. The standard InChI is InChI=1S/C28H33N3O9S2/c1-20-5-8-22(9-6-20)31(41(33,34)23-10-12-24(37-2)26(18-23)39-4)19-28(32)29-21-7-11-25(38-3)27(17-21)42(35,36)30-13-15-40-16-14-30/h5-12,17-18H,13-16,19H2,1-4H3,(H,29,32). The Kier molecular flexibility index (Phi) is 9.61. The molecule has 0 atom stereocenters. The van der Waals surface area contributed by atoms with E-state index in [0.717, 1.165) is 9.87 Å². The van der Waals surface area contributed by atoms with E-state index in [9.17, 15) is 21.6 Å². The average Bonchev–Trinajstić information content (AvgIpc) is 3.00. The average molecular weight is 620 g/mol. The summed E-state index contributed by atoms with van der Waals surface area (Å²) in [5, 5.41) is 2.63. The van der Waals surface area contributed by atoms with E-state index in [0.29, 0.717) is 5.75 Å². The minimum Gasteiger partial charge on any atom is -0.495 e. The van der Waals surface area contributed by atoms with E-state index in [1.54, 1.807) is 24.3 Å². The van der Waals surface area contributed by atoms with Crippen LogP contribution in [0.5, 0.6) is 17.2 Å². The number of nitrogens with one attached hydrogen (secondary N) is 1. The van der Waals surface area contributed by atoms with Crippen molar-refractivity contribution in [2.24, 2.45) is 0 Å². The number of amides is 1. The number of carbonyl (C=O) groups excluding carboxylic acids is 1. The summed E-state index contributed by atoms with van der Waals surface area (Å²) in [5.74, 6) is -0.0335. The smallest absolute Gasteiger partial charge is 0.264 e. The zero-order valence-electron chi connectivity index (χ0n) is 23.7. The molecule has 0 aliphatic carbocycles. The van der Waals surface area contributed by atoms with Crippen LogP contribution in [0, 0.1) is 6.92 Å². The highest BCUT2D eigenvalue weighted by atomic mass is 32.2. The number of aryl methyl sites for hydroxylation is 1. The highest BCUT2D eigenvalue weighted by Crippen LogP contribution is 2.33. The molecule has 1 saturated heterocycles. The lowest BCUT2D eigenvalue weighted by molar-refractivity contribution is -0.114. The van der Waals surface area contributed by atoms with Gasteiger partial charge in [0.2, 0.25) is 15.9 Å². The molecule has 1 N–H and O–H groups in total. The van der Waals surface area contributed by atoms with E-state index in [2.05, 4.69) is 5.32 Å². The van der Waals surface area contributed by atoms with E-state index in [1.165, 1.54) is 62.0 Å². The number of nitrogens with zero attached hydrogens (tertiary/aromatic N) is 2. The van der Waals surface area contributed by atoms with Gasteiger partial charge < -0.3 is 24.3 Å². The predicted molar refractivity (Wildman–Crippen MR) is 156 cm³/mol. The molecule has 0 bridgehead atoms. The van der Waals surface area contributed by atoms with Crippen LogP contribution in [0.4, 0.5) is 11.4 Å². The van der Waals surface area contributed by atoms with Gasteiger partial charge in [-0.05, 0) is 49.4 Å². The van der Waals surface area contributed by atoms with E-state index in [1.807, 2.05) is 6.92 Å². The number of benzene rings is 3. The molecular weight excluding hydrogens is 586 g/mol. The molecule has 1 heterocycles. The number of carbonyl (C=O) groups is 1. The Labute approximate surface area is 245 Å². The number of hydrogen-bond donors (Lipinski definition) is 1. The van der Waals surface area contributed by atoms with Crippen LogP contribution in [-0.2, 0) is 29.6 Å². The fourth-order valence-corrected chi connectivity index (χ4v) is 7.37. The maximum absolute atomic E-state index is 13.9. The van der Waals surface area contributed by atoms with E-state index < -0.39 is 32.5 Å². The van der Waals surface area contributed by atoms with Crippen molar-refractivity contribution in [2.75, 3.05) is 63.8 Å². The zero-order valence-corrected chi connectivity index (χ0v) is 25.3. The van der Waals surface area contributed by atoms with Gasteiger partial charge in [0.25, 0.3) is 10.0 Å². The number of hydrogen-bond acceptors (Lipinski definition) is 9. The van der Waals surface area contributed by atoms with Gasteiger partial charge in [-0.3, -0.25) is 9.10 Å². The summed E-state index contributed by atoms with van der Waals surface area (Å²) < 4.78 is 77.7. The molecular formula is C28H33N3O9S2. The van der Waals surface area contributed by atoms with Crippen LogP contribution in [0.1, 0.15) is 5.56 Å². The summed E-state index contributed by atoms with van der Waals surface area (Å²) in [6, 6.07) is 15.0. The number of anilines is 2. The first kappa shape index (κ1) is 31.1. The first-order chi connectivity index (χ1) is 20.0. The molecule has 226 valence electrons. The molecule has 3 aromatic rings. The second-order valence-corrected chi connectivity index (χ2v) is 13.1. The highest BCUT2D eigenvalue weighted by Gasteiger charge is 2.31. The van der Waals surface area contributed by atoms with Gasteiger partial charge in [-0.15, -0.1) is 0 Å². The van der Waals surface area contributed by atoms with Crippen LogP contribution in [-0.4, -0.2) is 81.2 Å². The molecule has 0 radical (unpaired) electrons. The summed E-state index contributed by atoms with van der Waals surface area (Å²) in [6.07, 6.45) is 0. The molecule has 4 rings (SSSR count). The normalized spacial score (nSPS) is 14.2. The van der Waals surface area contributed by atoms with Crippen molar-refractivity contribution in [3.63, 3.8) is 0 Å². The first-order valence-corrected chi connectivity index (χ1v) is 15.8. The minimum atomic E-state index is -4.27. The fourth-order valence-electron chi connectivity index (χ4n) is 4.34. The van der Waals surface area contributed by atoms with Crippen molar-refractivity contribution in [1.29, 1.82) is 0 Å². The van der Waals surface area contributed by atoms with Crippen LogP contribution in [0.3, 0.4) is 0 Å². The third-order valence-electron chi connectivity index (χ3n) is 6.59. The van der Waals surface area contributed by atoms with Gasteiger partial charge in [0.05, 0.1) is 45.1 Å². The van der Waals surface area contributed by atoms with E-state index in [4.69, 9.17) is 18.9 Å². The Morgan fingerprint density at radius 1 is 0.857 bits per heavy atom. The van der Waals surface area contributed by atoms with Gasteiger partial charge in [-0.25, -0.2) is 16.8 Å². The van der Waals surface area contributed by atoms with Crippen LogP contribution < -0.4 is 23.8 Å². The molecule has 0 aromatic heterocycles. The second-order valence-electron chi connectivity index (χ2n) is 9.29. The molecule has 14 heteroatoms. The Morgan fingerprint density at radius 3 is 2.10 bits per heavy atom. The van der Waals surface area contributed by atoms with E-state index in [-0.39, 0.29) is 59.0 Å². The third kappa shape index (κ3) is 6.62. The summed E-state index contributed by atoms with van der Waals surface area (Å²) in [4.78, 5) is 13.1. The molecule has 0 spiro atoms. The van der Waals surface area contributed by atoms with E-state index >= 15 is 0 Å². The minimum absolute atomic E-state index is 0.108. The fraction of sp³-hybridized carbons (Fsp3) is 0.321. The number of rotatable bonds is 11. The summed E-state index contributed by atoms with van der Waals surface area (Å²) in [5.41, 5.74) is 1.31. The number of ether oxygens (including phenoxy) is 4. The summed E-state index contributed by atoms with van der Waals surface area (Å²) >= 11 is 0. The lowest BCUT2D eigenvalue weighted by Crippen LogP contribution is -2.40. The molecule has 12 nitrogen and oxygen atoms in total. The number of sulfonamides is 2. The largest absolute Gasteiger partial charge is 0.495 e. The van der Waals surface area contributed by atoms with Crippen molar-refractivity contribution < 1.29 is 40.6 Å². The molecule has 1 fully saturated rings. The van der Waals surface area contributed by atoms with Crippen molar-refractivity contribution in [1.82, 2.24) is 4.31 Å². The topological polar surface area (TPSA) is 141 Å². The monoisotopic (exact) mass is 619 g/mol. The van der Waals surface area contributed by atoms with Gasteiger partial charge in [0.15, 0.2) is 11.5 Å². The zero-order chi connectivity index (χ0) is 30.5.